The van der Waals surface area contributed by atoms with Crippen molar-refractivity contribution in [3.05, 3.63) is 111 Å². The highest BCUT2D eigenvalue weighted by atomic mass is 35.5. The lowest BCUT2D eigenvalue weighted by atomic mass is 10.1. The third-order valence-electron chi connectivity index (χ3n) is 5.19. The minimum atomic E-state index is -0.431. The Bertz CT molecular complexity index is 1560. The number of carbonyl (C=O) groups excluding carboxylic acids is 1. The molecule has 2 N–H and O–H groups in total. The van der Waals surface area contributed by atoms with E-state index in [4.69, 9.17) is 20.8 Å². The zero-order chi connectivity index (χ0) is 23.5. The molecule has 7 nitrogen and oxygen atoms in total. The lowest BCUT2D eigenvalue weighted by Gasteiger charge is -2.07. The van der Waals surface area contributed by atoms with E-state index in [-0.39, 0.29) is 12.3 Å². The van der Waals surface area contributed by atoms with Gasteiger partial charge in [-0.05, 0) is 48.5 Å². The first-order chi connectivity index (χ1) is 16.5. The molecule has 0 saturated carbocycles. The number of halogens is 1. The second-order valence-corrected chi connectivity index (χ2v) is 7.92. The number of aliphatic imine (C=N–C) groups is 1. The van der Waals surface area contributed by atoms with Crippen LogP contribution in [0.4, 0.5) is 5.69 Å². The minimum Gasteiger partial charge on any atom is -0.457 e. The molecule has 34 heavy (non-hydrogen) atoms. The van der Waals surface area contributed by atoms with Crippen LogP contribution in [-0.4, -0.2) is 22.2 Å². The number of benzene rings is 3. The maximum absolute atomic E-state index is 12.4. The molecule has 2 aromatic heterocycles. The summed E-state index contributed by atoms with van der Waals surface area (Å²) in [6.07, 6.45) is 1.61. The number of nitrogens with one attached hydrogen (secondary N) is 2. The third-order valence-corrected chi connectivity index (χ3v) is 5.56. The molecule has 0 atom stereocenters. The van der Waals surface area contributed by atoms with Crippen LogP contribution in [0.3, 0.4) is 0 Å². The number of furan rings is 1. The lowest BCUT2D eigenvalue weighted by molar-refractivity contribution is 0.0473. The number of carbonyl (C=O) groups is 1. The van der Waals surface area contributed by atoms with Crippen molar-refractivity contribution in [3.63, 3.8) is 0 Å². The van der Waals surface area contributed by atoms with E-state index in [1.54, 1.807) is 60.8 Å². The Balaban J connectivity index is 1.24. The van der Waals surface area contributed by atoms with E-state index in [0.717, 1.165) is 16.6 Å². The summed E-state index contributed by atoms with van der Waals surface area (Å²) < 4.78 is 11.2. The van der Waals surface area contributed by atoms with E-state index < -0.39 is 5.97 Å². The number of aromatic amines is 2. The summed E-state index contributed by atoms with van der Waals surface area (Å²) in [5, 5.41) is 0.558. The molecule has 0 saturated heterocycles. The van der Waals surface area contributed by atoms with E-state index in [1.165, 1.54) is 0 Å². The van der Waals surface area contributed by atoms with Crippen LogP contribution in [0.15, 0.2) is 93.1 Å². The Morgan fingerprint density at radius 2 is 1.76 bits per heavy atom. The van der Waals surface area contributed by atoms with E-state index in [1.807, 2.05) is 24.3 Å². The normalized spacial score (nSPS) is 11.3. The molecule has 5 aromatic rings. The molecule has 0 spiro atoms. The fourth-order valence-electron chi connectivity index (χ4n) is 3.43. The van der Waals surface area contributed by atoms with Gasteiger partial charge in [-0.1, -0.05) is 41.9 Å². The lowest BCUT2D eigenvalue weighted by Crippen LogP contribution is -2.05. The fourth-order valence-corrected chi connectivity index (χ4v) is 3.62. The van der Waals surface area contributed by atoms with Crippen LogP contribution in [0.5, 0.6) is 0 Å². The molecule has 0 fully saturated rings. The highest BCUT2D eigenvalue weighted by Crippen LogP contribution is 2.24. The maximum atomic E-state index is 12.4. The Morgan fingerprint density at radius 1 is 0.971 bits per heavy atom. The number of aromatic nitrogens is 2. The molecule has 0 amide bonds. The number of nitrogens with zero attached hydrogens (tertiary/aromatic N) is 1. The summed E-state index contributed by atoms with van der Waals surface area (Å²) >= 11 is 6.10. The van der Waals surface area contributed by atoms with Crippen molar-refractivity contribution in [2.45, 2.75) is 6.61 Å². The zero-order valence-corrected chi connectivity index (χ0v) is 18.5. The van der Waals surface area contributed by atoms with Crippen molar-refractivity contribution in [1.29, 1.82) is 0 Å². The topological polar surface area (TPSA) is 100 Å². The van der Waals surface area contributed by atoms with E-state index in [0.29, 0.717) is 33.3 Å². The monoisotopic (exact) mass is 471 g/mol. The largest absolute Gasteiger partial charge is 0.457 e. The van der Waals surface area contributed by atoms with Gasteiger partial charge in [0.1, 0.15) is 18.1 Å². The van der Waals surface area contributed by atoms with Crippen molar-refractivity contribution in [3.8, 4) is 11.3 Å². The Morgan fingerprint density at radius 3 is 2.59 bits per heavy atom. The van der Waals surface area contributed by atoms with Gasteiger partial charge in [0.2, 0.25) is 0 Å². The smallest absolute Gasteiger partial charge is 0.338 e. The van der Waals surface area contributed by atoms with E-state index >= 15 is 0 Å². The molecule has 0 radical (unpaired) electrons. The number of hydrogen-bond acceptors (Lipinski definition) is 5. The van der Waals surface area contributed by atoms with Crippen LogP contribution in [-0.2, 0) is 11.3 Å². The number of hydrogen-bond donors (Lipinski definition) is 2. The molecule has 8 heteroatoms. The molecule has 5 rings (SSSR count). The van der Waals surface area contributed by atoms with Crippen LogP contribution in [0.2, 0.25) is 5.02 Å². The minimum absolute atomic E-state index is 0.105. The number of fused-ring (bicyclic) bond motifs is 1. The quantitative estimate of drug-likeness (QED) is 0.238. The van der Waals surface area contributed by atoms with Crippen LogP contribution < -0.4 is 5.69 Å². The molecular weight excluding hydrogens is 454 g/mol. The number of ether oxygens (including phenoxy) is 1. The molecule has 2 heterocycles. The second kappa shape index (κ2) is 9.25. The predicted octanol–water partition coefficient (Wildman–Crippen LogP) is 5.88. The summed E-state index contributed by atoms with van der Waals surface area (Å²) in [5.41, 5.74) is 3.83. The van der Waals surface area contributed by atoms with E-state index in [2.05, 4.69) is 15.0 Å². The maximum Gasteiger partial charge on any atom is 0.338 e. The van der Waals surface area contributed by atoms with Crippen molar-refractivity contribution in [2.24, 2.45) is 4.99 Å². The zero-order valence-electron chi connectivity index (χ0n) is 17.7. The van der Waals surface area contributed by atoms with Gasteiger partial charge in [0.25, 0.3) is 0 Å². The molecule has 0 aliphatic rings. The van der Waals surface area contributed by atoms with Gasteiger partial charge in [-0.15, -0.1) is 0 Å². The van der Waals surface area contributed by atoms with E-state index in [9.17, 15) is 9.59 Å². The van der Waals surface area contributed by atoms with Gasteiger partial charge in [-0.25, -0.2) is 9.59 Å². The van der Waals surface area contributed by atoms with Gasteiger partial charge in [0.05, 0.1) is 28.5 Å². The number of imidazole rings is 1. The van der Waals surface area contributed by atoms with Crippen LogP contribution >= 0.6 is 11.6 Å². The molecule has 0 aliphatic carbocycles. The average molecular weight is 472 g/mol. The molecular formula is C26H18ClN3O4. The highest BCUT2D eigenvalue weighted by molar-refractivity contribution is 6.31. The summed E-state index contributed by atoms with van der Waals surface area (Å²) in [5.74, 6) is 0.781. The first-order valence-corrected chi connectivity index (χ1v) is 10.8. The summed E-state index contributed by atoms with van der Waals surface area (Å²) in [6, 6.07) is 23.2. The Labute approximate surface area is 198 Å². The van der Waals surface area contributed by atoms with Crippen LogP contribution in [0.25, 0.3) is 22.4 Å². The first kappa shape index (κ1) is 21.5. The van der Waals surface area contributed by atoms with Crippen molar-refractivity contribution >= 4 is 40.5 Å². The fraction of sp³-hybridized carbons (Fsp3) is 0.0385. The van der Waals surface area contributed by atoms with Crippen molar-refractivity contribution in [1.82, 2.24) is 9.97 Å². The molecule has 0 aliphatic heterocycles. The predicted molar refractivity (Wildman–Crippen MR) is 131 cm³/mol. The van der Waals surface area contributed by atoms with Gasteiger partial charge in [-0.2, -0.15) is 0 Å². The van der Waals surface area contributed by atoms with Gasteiger partial charge in [0.15, 0.2) is 0 Å². The molecule has 168 valence electrons. The summed E-state index contributed by atoms with van der Waals surface area (Å²) in [4.78, 5) is 33.5. The highest BCUT2D eigenvalue weighted by Gasteiger charge is 2.10. The number of H-pyrrole nitrogens is 2. The van der Waals surface area contributed by atoms with Crippen molar-refractivity contribution in [2.75, 3.05) is 0 Å². The second-order valence-electron chi connectivity index (χ2n) is 7.51. The summed E-state index contributed by atoms with van der Waals surface area (Å²) in [6.45, 7) is 0.105. The number of esters is 1. The van der Waals surface area contributed by atoms with Crippen LogP contribution in [0, 0.1) is 0 Å². The van der Waals surface area contributed by atoms with Gasteiger partial charge in [-0.3, -0.25) is 4.99 Å². The van der Waals surface area contributed by atoms with Gasteiger partial charge in [0, 0.05) is 16.1 Å². The SMILES string of the molecule is O=C(OCc1ccccc1Cl)c1ccc(-c2ccc(C=Nc3ccc4[nH]c(=O)[nH]c4c3)o2)cc1. The van der Waals surface area contributed by atoms with Crippen LogP contribution in [0.1, 0.15) is 21.7 Å². The average Bonchev–Trinajstić information content (AvgIpc) is 3.47. The Hall–Kier alpha value is -4.36. The molecule has 3 aromatic carbocycles. The summed E-state index contributed by atoms with van der Waals surface area (Å²) in [7, 11) is 0. The van der Waals surface area contributed by atoms with Crippen molar-refractivity contribution < 1.29 is 13.9 Å². The molecule has 0 unspecified atom stereocenters. The molecule has 0 bridgehead atoms. The van der Waals surface area contributed by atoms with Gasteiger partial charge < -0.3 is 19.1 Å². The first-order valence-electron chi connectivity index (χ1n) is 10.4. The van der Waals surface area contributed by atoms with Gasteiger partial charge >= 0.3 is 11.7 Å². The number of rotatable bonds is 6. The third kappa shape index (κ3) is 4.69. The Kier molecular flexibility index (Phi) is 5.84. The standard InChI is InChI=1S/C26H18ClN3O4/c27-21-4-2-1-3-18(21)15-33-25(31)17-7-5-16(6-8-17)24-12-10-20(34-24)14-28-19-9-11-22-23(13-19)30-26(32)29-22/h1-14H,15H2,(H2,29,30,32).